The molecule has 26 heavy (non-hydrogen) atoms. The van der Waals surface area contributed by atoms with Gasteiger partial charge in [0.25, 0.3) is 0 Å². The Balaban J connectivity index is 2.11. The van der Waals surface area contributed by atoms with Crippen molar-refractivity contribution in [3.63, 3.8) is 0 Å². The number of halogens is 4. The van der Waals surface area contributed by atoms with Gasteiger partial charge in [0.05, 0.1) is 10.6 Å². The maximum absolute atomic E-state index is 13.1. The minimum atomic E-state index is -4.51. The first-order valence-corrected chi connectivity index (χ1v) is 8.65. The monoisotopic (exact) mass is 381 g/mol. The quantitative estimate of drug-likeness (QED) is 0.600. The van der Waals surface area contributed by atoms with Gasteiger partial charge in [-0.15, -0.1) is 0 Å². The van der Waals surface area contributed by atoms with E-state index in [1.165, 1.54) is 6.07 Å². The van der Waals surface area contributed by atoms with E-state index in [-0.39, 0.29) is 22.3 Å². The summed E-state index contributed by atoms with van der Waals surface area (Å²) in [5.74, 6) is -0.0587. The van der Waals surface area contributed by atoms with Crippen molar-refractivity contribution in [2.45, 2.75) is 39.3 Å². The largest absolute Gasteiger partial charge is 0.417 e. The Kier molecular flexibility index (Phi) is 4.55. The number of nitrogens with one attached hydrogen (secondary N) is 1. The van der Waals surface area contributed by atoms with Crippen LogP contribution in [-0.4, -0.2) is 5.91 Å². The molecule has 1 aliphatic heterocycles. The third-order valence-electron chi connectivity index (χ3n) is 4.74. The summed E-state index contributed by atoms with van der Waals surface area (Å²) in [4.78, 5) is 12.0. The van der Waals surface area contributed by atoms with Crippen LogP contribution in [0.1, 0.15) is 44.2 Å². The Bertz CT molecular complexity index is 868. The second kappa shape index (κ2) is 6.31. The van der Waals surface area contributed by atoms with Crippen molar-refractivity contribution in [1.82, 2.24) is 0 Å². The van der Waals surface area contributed by atoms with E-state index in [1.807, 2.05) is 6.07 Å². The lowest BCUT2D eigenvalue weighted by molar-refractivity contribution is -0.137. The molecular formula is C20H19ClF3NO. The van der Waals surface area contributed by atoms with Crippen molar-refractivity contribution < 1.29 is 18.0 Å². The van der Waals surface area contributed by atoms with E-state index in [4.69, 9.17) is 11.6 Å². The summed E-state index contributed by atoms with van der Waals surface area (Å²) in [5, 5.41) is 2.53. The van der Waals surface area contributed by atoms with Crippen LogP contribution in [0.25, 0.3) is 11.1 Å². The van der Waals surface area contributed by atoms with Gasteiger partial charge >= 0.3 is 6.18 Å². The van der Waals surface area contributed by atoms with E-state index in [0.717, 1.165) is 17.3 Å². The Morgan fingerprint density at radius 3 is 2.27 bits per heavy atom. The van der Waals surface area contributed by atoms with Crippen LogP contribution in [0.4, 0.5) is 18.9 Å². The molecule has 1 heterocycles. The van der Waals surface area contributed by atoms with Gasteiger partial charge in [-0.2, -0.15) is 13.2 Å². The van der Waals surface area contributed by atoms with E-state index in [2.05, 4.69) is 26.1 Å². The minimum Gasteiger partial charge on any atom is -0.326 e. The number of anilines is 1. The fraction of sp³-hybridized carbons (Fsp3) is 0.350. The van der Waals surface area contributed by atoms with Gasteiger partial charge < -0.3 is 5.32 Å². The number of benzene rings is 2. The number of amides is 1. The first-order valence-electron chi connectivity index (χ1n) is 8.28. The molecule has 0 spiro atoms. The summed E-state index contributed by atoms with van der Waals surface area (Å²) in [6.45, 7) is 6.16. The van der Waals surface area contributed by atoms with Gasteiger partial charge in [-0.3, -0.25) is 4.79 Å². The topological polar surface area (TPSA) is 29.1 Å². The van der Waals surface area contributed by atoms with Crippen LogP contribution in [0, 0.1) is 5.41 Å². The second-order valence-corrected chi connectivity index (χ2v) is 8.07. The second-order valence-electron chi connectivity index (χ2n) is 7.67. The summed E-state index contributed by atoms with van der Waals surface area (Å²) < 4.78 is 39.4. The van der Waals surface area contributed by atoms with Crippen LogP contribution in [0.3, 0.4) is 0 Å². The van der Waals surface area contributed by atoms with Gasteiger partial charge in [-0.25, -0.2) is 0 Å². The zero-order valence-electron chi connectivity index (χ0n) is 14.7. The lowest BCUT2D eigenvalue weighted by Gasteiger charge is -2.35. The Morgan fingerprint density at radius 1 is 1.04 bits per heavy atom. The van der Waals surface area contributed by atoms with Crippen LogP contribution in [0.2, 0.25) is 5.02 Å². The number of fused-ring (bicyclic) bond motifs is 1. The van der Waals surface area contributed by atoms with Gasteiger partial charge in [-0.1, -0.05) is 44.5 Å². The zero-order chi connectivity index (χ0) is 19.3. The molecule has 0 saturated heterocycles. The molecule has 1 atom stereocenters. The van der Waals surface area contributed by atoms with Gasteiger partial charge in [0, 0.05) is 12.1 Å². The molecule has 0 fully saturated rings. The summed E-state index contributed by atoms with van der Waals surface area (Å²) >= 11 is 5.72. The number of carbonyl (C=O) groups excluding carboxylic acids is 1. The molecule has 2 aromatic rings. The molecule has 1 N–H and O–H groups in total. The molecule has 0 saturated carbocycles. The van der Waals surface area contributed by atoms with Gasteiger partial charge in [0.15, 0.2) is 0 Å². The van der Waals surface area contributed by atoms with Crippen LogP contribution in [0.15, 0.2) is 36.4 Å². The average Bonchev–Trinajstić information content (AvgIpc) is 2.52. The average molecular weight is 382 g/mol. The van der Waals surface area contributed by atoms with Crippen molar-refractivity contribution in [1.29, 1.82) is 0 Å². The summed E-state index contributed by atoms with van der Waals surface area (Å²) in [6.07, 6.45) is -4.16. The molecule has 0 radical (unpaired) electrons. The van der Waals surface area contributed by atoms with Crippen molar-refractivity contribution in [2.24, 2.45) is 5.41 Å². The smallest absolute Gasteiger partial charge is 0.326 e. The fourth-order valence-electron chi connectivity index (χ4n) is 3.34. The maximum atomic E-state index is 13.1. The normalized spacial score (nSPS) is 17.7. The number of alkyl halides is 3. The highest BCUT2D eigenvalue weighted by molar-refractivity contribution is 6.31. The molecule has 0 aliphatic carbocycles. The highest BCUT2D eigenvalue weighted by Crippen LogP contribution is 2.45. The maximum Gasteiger partial charge on any atom is 0.417 e. The predicted molar refractivity (Wildman–Crippen MR) is 97.3 cm³/mol. The first kappa shape index (κ1) is 18.8. The number of hydrogen-bond donors (Lipinski definition) is 1. The molecule has 6 heteroatoms. The highest BCUT2D eigenvalue weighted by Gasteiger charge is 2.35. The van der Waals surface area contributed by atoms with Crippen LogP contribution < -0.4 is 5.32 Å². The third-order valence-corrected chi connectivity index (χ3v) is 5.07. The lowest BCUT2D eigenvalue weighted by Crippen LogP contribution is -2.30. The van der Waals surface area contributed by atoms with E-state index in [1.54, 1.807) is 18.2 Å². The standard InChI is InChI=1S/C20H19ClF3NO/c1-19(2,3)14-10-18(26)25-17-7-5-11(8-13(14)17)12-4-6-16(21)15(9-12)20(22,23)24/h4-9,14H,10H2,1-3H3,(H,25,26). The zero-order valence-corrected chi connectivity index (χ0v) is 15.4. The molecule has 3 rings (SSSR count). The van der Waals surface area contributed by atoms with E-state index < -0.39 is 11.7 Å². The van der Waals surface area contributed by atoms with Gasteiger partial charge in [0.2, 0.25) is 5.91 Å². The SMILES string of the molecule is CC(C)(C)C1CC(=O)Nc2ccc(-c3ccc(Cl)c(C(F)(F)F)c3)cc21. The van der Waals surface area contributed by atoms with Crippen LogP contribution in [-0.2, 0) is 11.0 Å². The van der Waals surface area contributed by atoms with Crippen molar-refractivity contribution in [2.75, 3.05) is 5.32 Å². The summed E-state index contributed by atoms with van der Waals surface area (Å²) in [7, 11) is 0. The lowest BCUT2D eigenvalue weighted by atomic mass is 9.72. The van der Waals surface area contributed by atoms with Crippen LogP contribution in [0.5, 0.6) is 0 Å². The Hall–Kier alpha value is -2.01. The van der Waals surface area contributed by atoms with E-state index in [9.17, 15) is 18.0 Å². The van der Waals surface area contributed by atoms with E-state index in [0.29, 0.717) is 17.5 Å². The molecule has 0 aromatic heterocycles. The fourth-order valence-corrected chi connectivity index (χ4v) is 3.56. The summed E-state index contributed by atoms with van der Waals surface area (Å²) in [6, 6.07) is 9.25. The molecule has 2 aromatic carbocycles. The molecule has 1 unspecified atom stereocenters. The van der Waals surface area contributed by atoms with E-state index >= 15 is 0 Å². The number of hydrogen-bond acceptors (Lipinski definition) is 1. The number of carbonyl (C=O) groups is 1. The molecule has 1 amide bonds. The Morgan fingerprint density at radius 2 is 1.65 bits per heavy atom. The Labute approximate surface area is 155 Å². The molecule has 0 bridgehead atoms. The summed E-state index contributed by atoms with van der Waals surface area (Å²) in [5.41, 5.74) is 1.76. The predicted octanol–water partition coefficient (Wildman–Crippen LogP) is 6.50. The third kappa shape index (κ3) is 3.58. The molecule has 2 nitrogen and oxygen atoms in total. The molecule has 138 valence electrons. The molecular weight excluding hydrogens is 363 g/mol. The first-order chi connectivity index (χ1) is 12.0. The van der Waals surface area contributed by atoms with Crippen molar-refractivity contribution in [3.8, 4) is 11.1 Å². The minimum absolute atomic E-state index is 0.0133. The van der Waals surface area contributed by atoms with Gasteiger partial charge in [0.1, 0.15) is 0 Å². The number of rotatable bonds is 1. The highest BCUT2D eigenvalue weighted by atomic mass is 35.5. The van der Waals surface area contributed by atoms with Crippen molar-refractivity contribution >= 4 is 23.2 Å². The van der Waals surface area contributed by atoms with Gasteiger partial charge in [-0.05, 0) is 52.3 Å². The molecule has 1 aliphatic rings. The van der Waals surface area contributed by atoms with Crippen LogP contribution >= 0.6 is 11.6 Å². The van der Waals surface area contributed by atoms with Crippen molar-refractivity contribution in [3.05, 3.63) is 52.5 Å².